The molecule has 3 N–H and O–H groups in total. The molecule has 1 rings (SSSR count). The molecule has 0 spiro atoms. The highest BCUT2D eigenvalue weighted by Gasteiger charge is 2.11. The molecular weight excluding hydrogens is 238 g/mol. The highest BCUT2D eigenvalue weighted by atomic mass is 32.2. The van der Waals surface area contributed by atoms with E-state index in [0.29, 0.717) is 17.1 Å². The molecule has 2 atom stereocenters. The Balaban J connectivity index is 2.67. The van der Waals surface area contributed by atoms with Crippen molar-refractivity contribution in [3.8, 4) is 0 Å². The molecule has 17 heavy (non-hydrogen) atoms. The van der Waals surface area contributed by atoms with Crippen molar-refractivity contribution in [3.05, 3.63) is 23.9 Å². The fourth-order valence-corrected chi connectivity index (χ4v) is 2.05. The van der Waals surface area contributed by atoms with E-state index in [1.165, 1.54) is 0 Å². The van der Waals surface area contributed by atoms with Crippen LogP contribution < -0.4 is 11.1 Å². The molecule has 0 aromatic carbocycles. The summed E-state index contributed by atoms with van der Waals surface area (Å²) in [6.07, 6.45) is 4.01. The summed E-state index contributed by atoms with van der Waals surface area (Å²) < 4.78 is 11.0. The molecule has 0 saturated heterocycles. The van der Waals surface area contributed by atoms with Crippen molar-refractivity contribution in [2.24, 2.45) is 5.73 Å². The number of pyridine rings is 1. The van der Waals surface area contributed by atoms with Crippen LogP contribution in [0.2, 0.25) is 0 Å². The number of nitrogens with zero attached hydrogens (tertiary/aromatic N) is 1. The van der Waals surface area contributed by atoms with E-state index in [1.54, 1.807) is 24.6 Å². The van der Waals surface area contributed by atoms with Crippen LogP contribution in [0, 0.1) is 0 Å². The molecule has 94 valence electrons. The van der Waals surface area contributed by atoms with Crippen molar-refractivity contribution in [1.29, 1.82) is 0 Å². The Morgan fingerprint density at radius 1 is 1.65 bits per heavy atom. The fraction of sp³-hybridized carbons (Fsp3) is 0.455. The van der Waals surface area contributed by atoms with E-state index in [2.05, 4.69) is 10.3 Å². The molecule has 1 aromatic rings. The maximum atomic E-state index is 11.2. The highest BCUT2D eigenvalue weighted by molar-refractivity contribution is 7.84. The molecule has 2 unspecified atom stereocenters. The van der Waals surface area contributed by atoms with Gasteiger partial charge in [-0.3, -0.25) is 9.00 Å². The first kappa shape index (κ1) is 13.6. The lowest BCUT2D eigenvalue weighted by atomic mass is 10.2. The van der Waals surface area contributed by atoms with Gasteiger partial charge in [0.25, 0.3) is 5.91 Å². The summed E-state index contributed by atoms with van der Waals surface area (Å²) in [6.45, 7) is 1.95. The molecule has 1 heterocycles. The zero-order valence-electron chi connectivity index (χ0n) is 9.97. The second-order valence-electron chi connectivity index (χ2n) is 3.88. The van der Waals surface area contributed by atoms with Crippen LogP contribution in [0.1, 0.15) is 23.7 Å². The number of hydrogen-bond acceptors (Lipinski definition) is 4. The van der Waals surface area contributed by atoms with Crippen LogP contribution in [-0.2, 0) is 10.8 Å². The predicted octanol–water partition coefficient (Wildman–Crippen LogP) is 0.750. The Morgan fingerprint density at radius 3 is 2.94 bits per heavy atom. The maximum absolute atomic E-state index is 11.2. The van der Waals surface area contributed by atoms with E-state index in [1.807, 2.05) is 6.92 Å². The fourth-order valence-electron chi connectivity index (χ4n) is 1.37. The van der Waals surface area contributed by atoms with Crippen molar-refractivity contribution in [2.45, 2.75) is 19.4 Å². The molecule has 0 aliphatic carbocycles. The van der Waals surface area contributed by atoms with Gasteiger partial charge >= 0.3 is 0 Å². The summed E-state index contributed by atoms with van der Waals surface area (Å²) >= 11 is 0. The van der Waals surface area contributed by atoms with E-state index >= 15 is 0 Å². The second-order valence-corrected chi connectivity index (χ2v) is 5.43. The average molecular weight is 255 g/mol. The predicted molar refractivity (Wildman–Crippen MR) is 69.4 cm³/mol. The van der Waals surface area contributed by atoms with Crippen molar-refractivity contribution >= 4 is 22.5 Å². The van der Waals surface area contributed by atoms with E-state index in [9.17, 15) is 9.00 Å². The van der Waals surface area contributed by atoms with Crippen LogP contribution in [0.3, 0.4) is 0 Å². The standard InChI is InChI=1S/C11H17N3O2S/c1-8(5-7-17(2)16)14-11-9(10(12)15)4-3-6-13-11/h3-4,6,8H,5,7H2,1-2H3,(H2,12,15)(H,13,14). The highest BCUT2D eigenvalue weighted by Crippen LogP contribution is 2.12. The molecule has 0 radical (unpaired) electrons. The van der Waals surface area contributed by atoms with Crippen LogP contribution in [-0.4, -0.2) is 33.2 Å². The summed E-state index contributed by atoms with van der Waals surface area (Å²) in [6, 6.07) is 3.38. The first-order valence-corrected chi connectivity index (χ1v) is 7.04. The number of nitrogens with two attached hydrogens (primary N) is 1. The summed E-state index contributed by atoms with van der Waals surface area (Å²) in [5.41, 5.74) is 5.62. The molecule has 0 aliphatic heterocycles. The van der Waals surface area contributed by atoms with E-state index < -0.39 is 16.7 Å². The minimum atomic E-state index is -0.810. The molecule has 1 aromatic heterocycles. The van der Waals surface area contributed by atoms with Crippen LogP contribution in [0.15, 0.2) is 18.3 Å². The number of primary amides is 1. The van der Waals surface area contributed by atoms with E-state index in [0.717, 1.165) is 6.42 Å². The number of hydrogen-bond donors (Lipinski definition) is 2. The second kappa shape index (κ2) is 6.34. The number of aromatic nitrogens is 1. The molecule has 5 nitrogen and oxygen atoms in total. The monoisotopic (exact) mass is 255 g/mol. The molecule has 0 fully saturated rings. The van der Waals surface area contributed by atoms with Gasteiger partial charge in [0.15, 0.2) is 0 Å². The van der Waals surface area contributed by atoms with Gasteiger partial charge in [-0.25, -0.2) is 4.98 Å². The van der Waals surface area contributed by atoms with Crippen molar-refractivity contribution in [1.82, 2.24) is 4.98 Å². The van der Waals surface area contributed by atoms with Gasteiger partial charge < -0.3 is 11.1 Å². The van der Waals surface area contributed by atoms with Gasteiger partial charge in [-0.2, -0.15) is 0 Å². The summed E-state index contributed by atoms with van der Waals surface area (Å²) in [5.74, 6) is 0.591. The Kier molecular flexibility index (Phi) is 5.09. The zero-order chi connectivity index (χ0) is 12.8. The minimum absolute atomic E-state index is 0.0897. The number of anilines is 1. The van der Waals surface area contributed by atoms with Crippen molar-refractivity contribution in [3.63, 3.8) is 0 Å². The first-order chi connectivity index (χ1) is 8.00. The van der Waals surface area contributed by atoms with Gasteiger partial charge in [0.2, 0.25) is 0 Å². The number of carbonyl (C=O) groups excluding carboxylic acids is 1. The maximum Gasteiger partial charge on any atom is 0.252 e. The number of amides is 1. The molecular formula is C11H17N3O2S. The van der Waals surface area contributed by atoms with Crippen LogP contribution >= 0.6 is 0 Å². The average Bonchev–Trinajstić information content (AvgIpc) is 2.27. The summed E-state index contributed by atoms with van der Waals surface area (Å²) in [7, 11) is -0.810. The van der Waals surface area contributed by atoms with Gasteiger partial charge in [0.05, 0.1) is 5.56 Å². The van der Waals surface area contributed by atoms with Gasteiger partial charge in [0, 0.05) is 35.0 Å². The van der Waals surface area contributed by atoms with Gasteiger partial charge in [-0.15, -0.1) is 0 Å². The molecule has 0 bridgehead atoms. The molecule has 0 saturated carbocycles. The molecule has 6 heteroatoms. The molecule has 0 aliphatic rings. The van der Waals surface area contributed by atoms with Gasteiger partial charge in [-0.1, -0.05) is 0 Å². The SMILES string of the molecule is CC(CCS(C)=O)Nc1ncccc1C(N)=O. The Hall–Kier alpha value is -1.43. The van der Waals surface area contributed by atoms with E-state index in [4.69, 9.17) is 5.73 Å². The minimum Gasteiger partial charge on any atom is -0.367 e. The molecule has 1 amide bonds. The third-order valence-electron chi connectivity index (χ3n) is 2.29. The quantitative estimate of drug-likeness (QED) is 0.785. The van der Waals surface area contributed by atoms with Crippen molar-refractivity contribution in [2.75, 3.05) is 17.3 Å². The normalized spacial score (nSPS) is 14.0. The van der Waals surface area contributed by atoms with Crippen molar-refractivity contribution < 1.29 is 9.00 Å². The Bertz CT molecular complexity index is 423. The van der Waals surface area contributed by atoms with Gasteiger partial charge in [0.1, 0.15) is 5.82 Å². The van der Waals surface area contributed by atoms with Crippen LogP contribution in [0.4, 0.5) is 5.82 Å². The Labute approximate surface area is 103 Å². The number of rotatable bonds is 6. The van der Waals surface area contributed by atoms with Gasteiger partial charge in [-0.05, 0) is 25.5 Å². The lowest BCUT2D eigenvalue weighted by Crippen LogP contribution is -2.22. The largest absolute Gasteiger partial charge is 0.367 e. The number of carbonyl (C=O) groups is 1. The topological polar surface area (TPSA) is 85.1 Å². The smallest absolute Gasteiger partial charge is 0.252 e. The Morgan fingerprint density at radius 2 is 2.35 bits per heavy atom. The lowest BCUT2D eigenvalue weighted by Gasteiger charge is -2.15. The third-order valence-corrected chi connectivity index (χ3v) is 3.11. The summed E-state index contributed by atoms with van der Waals surface area (Å²) in [4.78, 5) is 15.2. The number of nitrogens with one attached hydrogen (secondary N) is 1. The van der Waals surface area contributed by atoms with Crippen LogP contribution in [0.5, 0.6) is 0 Å². The van der Waals surface area contributed by atoms with E-state index in [-0.39, 0.29) is 6.04 Å². The lowest BCUT2D eigenvalue weighted by molar-refractivity contribution is 0.100. The zero-order valence-corrected chi connectivity index (χ0v) is 10.8. The van der Waals surface area contributed by atoms with Crippen LogP contribution in [0.25, 0.3) is 0 Å². The summed E-state index contributed by atoms with van der Waals surface area (Å²) in [5, 5.41) is 3.10. The first-order valence-electron chi connectivity index (χ1n) is 5.32. The third kappa shape index (κ3) is 4.52.